The summed E-state index contributed by atoms with van der Waals surface area (Å²) in [6, 6.07) is 16.1. The molecule has 0 aliphatic rings. The zero-order chi connectivity index (χ0) is 15.4. The lowest BCUT2D eigenvalue weighted by molar-refractivity contribution is 0.413. The summed E-state index contributed by atoms with van der Waals surface area (Å²) in [6.07, 6.45) is 1.02. The molecule has 3 rings (SSSR count). The van der Waals surface area contributed by atoms with Crippen molar-refractivity contribution in [3.05, 3.63) is 59.7 Å². The SMILES string of the molecule is CCc1ccc(-c2nnn(Cc3cccc(OC)c3)n2)cc1. The van der Waals surface area contributed by atoms with Gasteiger partial charge in [-0.1, -0.05) is 43.3 Å². The Morgan fingerprint density at radius 2 is 1.86 bits per heavy atom. The van der Waals surface area contributed by atoms with Gasteiger partial charge in [0.25, 0.3) is 0 Å². The molecular formula is C17H18N4O. The molecule has 0 fully saturated rings. The molecule has 0 N–H and O–H groups in total. The minimum absolute atomic E-state index is 0.567. The molecule has 5 nitrogen and oxygen atoms in total. The lowest BCUT2D eigenvalue weighted by Gasteiger charge is -2.03. The first kappa shape index (κ1) is 14.3. The van der Waals surface area contributed by atoms with Crippen molar-refractivity contribution in [1.29, 1.82) is 0 Å². The third kappa shape index (κ3) is 3.14. The molecule has 0 saturated heterocycles. The van der Waals surface area contributed by atoms with Crippen LogP contribution in [-0.2, 0) is 13.0 Å². The van der Waals surface area contributed by atoms with Crippen molar-refractivity contribution in [3.8, 4) is 17.1 Å². The van der Waals surface area contributed by atoms with Gasteiger partial charge in [-0.2, -0.15) is 4.80 Å². The highest BCUT2D eigenvalue weighted by molar-refractivity contribution is 5.54. The van der Waals surface area contributed by atoms with Crippen molar-refractivity contribution in [2.75, 3.05) is 7.11 Å². The predicted molar refractivity (Wildman–Crippen MR) is 84.7 cm³/mol. The number of hydrogen-bond donors (Lipinski definition) is 0. The van der Waals surface area contributed by atoms with Gasteiger partial charge in [0.1, 0.15) is 5.75 Å². The second-order valence-electron chi connectivity index (χ2n) is 5.05. The number of methoxy groups -OCH3 is 1. The van der Waals surface area contributed by atoms with Gasteiger partial charge < -0.3 is 4.74 Å². The monoisotopic (exact) mass is 294 g/mol. The fourth-order valence-electron chi connectivity index (χ4n) is 2.25. The molecule has 0 atom stereocenters. The van der Waals surface area contributed by atoms with E-state index in [1.165, 1.54) is 5.56 Å². The summed E-state index contributed by atoms with van der Waals surface area (Å²) in [7, 11) is 1.66. The molecule has 0 bridgehead atoms. The largest absolute Gasteiger partial charge is 0.497 e. The van der Waals surface area contributed by atoms with Crippen LogP contribution in [0, 0.1) is 0 Å². The number of aromatic nitrogens is 4. The molecule has 0 radical (unpaired) electrons. The zero-order valence-electron chi connectivity index (χ0n) is 12.7. The van der Waals surface area contributed by atoms with Crippen molar-refractivity contribution < 1.29 is 4.74 Å². The summed E-state index contributed by atoms with van der Waals surface area (Å²) in [5.41, 5.74) is 3.35. The molecule has 0 aliphatic carbocycles. The van der Waals surface area contributed by atoms with Crippen LogP contribution in [0.1, 0.15) is 18.1 Å². The summed E-state index contributed by atoms with van der Waals surface area (Å²) >= 11 is 0. The Morgan fingerprint density at radius 1 is 1.05 bits per heavy atom. The van der Waals surface area contributed by atoms with E-state index < -0.39 is 0 Å². The summed E-state index contributed by atoms with van der Waals surface area (Å²) in [6.45, 7) is 2.70. The highest BCUT2D eigenvalue weighted by Gasteiger charge is 2.06. The molecule has 1 aromatic heterocycles. The van der Waals surface area contributed by atoms with Crippen LogP contribution in [0.25, 0.3) is 11.4 Å². The number of aryl methyl sites for hydroxylation is 1. The van der Waals surface area contributed by atoms with Gasteiger partial charge in [-0.05, 0) is 34.9 Å². The summed E-state index contributed by atoms with van der Waals surface area (Å²) in [5.74, 6) is 1.47. The first-order chi connectivity index (χ1) is 10.8. The molecule has 5 heteroatoms. The molecule has 0 spiro atoms. The minimum atomic E-state index is 0.567. The van der Waals surface area contributed by atoms with Crippen molar-refractivity contribution in [2.24, 2.45) is 0 Å². The average Bonchev–Trinajstić information content (AvgIpc) is 3.03. The van der Waals surface area contributed by atoms with E-state index in [2.05, 4.69) is 34.5 Å². The third-order valence-electron chi connectivity index (χ3n) is 3.53. The van der Waals surface area contributed by atoms with Gasteiger partial charge in [0.2, 0.25) is 5.82 Å². The van der Waals surface area contributed by atoms with Crippen LogP contribution in [0.15, 0.2) is 48.5 Å². The molecule has 2 aromatic carbocycles. The number of hydrogen-bond acceptors (Lipinski definition) is 4. The van der Waals surface area contributed by atoms with E-state index in [9.17, 15) is 0 Å². The Kier molecular flexibility index (Phi) is 4.14. The van der Waals surface area contributed by atoms with Gasteiger partial charge in [-0.25, -0.2) is 0 Å². The maximum atomic E-state index is 5.22. The summed E-state index contributed by atoms with van der Waals surface area (Å²) in [4.78, 5) is 1.60. The van der Waals surface area contributed by atoms with E-state index in [0.717, 1.165) is 23.3 Å². The fourth-order valence-corrected chi connectivity index (χ4v) is 2.25. The van der Waals surface area contributed by atoms with Crippen molar-refractivity contribution in [2.45, 2.75) is 19.9 Å². The van der Waals surface area contributed by atoms with E-state index in [0.29, 0.717) is 12.4 Å². The number of nitrogens with zero attached hydrogens (tertiary/aromatic N) is 4. The highest BCUT2D eigenvalue weighted by atomic mass is 16.5. The quantitative estimate of drug-likeness (QED) is 0.726. The smallest absolute Gasteiger partial charge is 0.204 e. The van der Waals surface area contributed by atoms with Crippen LogP contribution >= 0.6 is 0 Å². The van der Waals surface area contributed by atoms with Gasteiger partial charge in [0, 0.05) is 5.56 Å². The summed E-state index contributed by atoms with van der Waals surface area (Å²) < 4.78 is 5.22. The normalized spacial score (nSPS) is 10.6. The van der Waals surface area contributed by atoms with Gasteiger partial charge in [0.15, 0.2) is 0 Å². The molecule has 0 aliphatic heterocycles. The first-order valence-corrected chi connectivity index (χ1v) is 7.28. The Labute approximate surface area is 129 Å². The van der Waals surface area contributed by atoms with Crippen LogP contribution in [0.5, 0.6) is 5.75 Å². The number of ether oxygens (including phenoxy) is 1. The van der Waals surface area contributed by atoms with Crippen molar-refractivity contribution in [3.63, 3.8) is 0 Å². The Morgan fingerprint density at radius 3 is 2.59 bits per heavy atom. The third-order valence-corrected chi connectivity index (χ3v) is 3.53. The summed E-state index contributed by atoms with van der Waals surface area (Å²) in [5, 5.41) is 12.7. The molecule has 3 aromatic rings. The Bertz CT molecular complexity index is 749. The van der Waals surface area contributed by atoms with E-state index in [-0.39, 0.29) is 0 Å². The maximum absolute atomic E-state index is 5.22. The van der Waals surface area contributed by atoms with E-state index >= 15 is 0 Å². The minimum Gasteiger partial charge on any atom is -0.497 e. The average molecular weight is 294 g/mol. The second-order valence-corrected chi connectivity index (χ2v) is 5.05. The lowest BCUT2D eigenvalue weighted by atomic mass is 10.1. The Hall–Kier alpha value is -2.69. The molecule has 0 saturated carbocycles. The first-order valence-electron chi connectivity index (χ1n) is 7.28. The molecule has 0 amide bonds. The van der Waals surface area contributed by atoms with Crippen LogP contribution in [0.3, 0.4) is 0 Å². The van der Waals surface area contributed by atoms with Crippen molar-refractivity contribution >= 4 is 0 Å². The predicted octanol–water partition coefficient (Wildman–Crippen LogP) is 2.96. The van der Waals surface area contributed by atoms with E-state index in [1.54, 1.807) is 11.9 Å². The highest BCUT2D eigenvalue weighted by Crippen LogP contribution is 2.16. The van der Waals surface area contributed by atoms with E-state index in [1.807, 2.05) is 36.4 Å². The van der Waals surface area contributed by atoms with Crippen LogP contribution in [-0.4, -0.2) is 27.3 Å². The van der Waals surface area contributed by atoms with Crippen LogP contribution in [0.4, 0.5) is 0 Å². The van der Waals surface area contributed by atoms with Crippen molar-refractivity contribution in [1.82, 2.24) is 20.2 Å². The standard InChI is InChI=1S/C17H18N4O/c1-3-13-7-9-15(10-8-13)17-18-20-21(19-17)12-14-5-4-6-16(11-14)22-2/h4-11H,3,12H2,1-2H3. The maximum Gasteiger partial charge on any atom is 0.204 e. The van der Waals surface area contributed by atoms with Gasteiger partial charge in [0.05, 0.1) is 13.7 Å². The molecular weight excluding hydrogens is 276 g/mol. The molecule has 22 heavy (non-hydrogen) atoms. The Balaban J connectivity index is 1.77. The zero-order valence-corrected chi connectivity index (χ0v) is 12.7. The van der Waals surface area contributed by atoms with Gasteiger partial charge in [-0.15, -0.1) is 10.2 Å². The second kappa shape index (κ2) is 6.39. The number of tetrazole rings is 1. The molecule has 0 unspecified atom stereocenters. The van der Waals surface area contributed by atoms with Gasteiger partial charge >= 0.3 is 0 Å². The van der Waals surface area contributed by atoms with Crippen LogP contribution in [0.2, 0.25) is 0 Å². The number of rotatable bonds is 5. The van der Waals surface area contributed by atoms with Crippen LogP contribution < -0.4 is 4.74 Å². The lowest BCUT2D eigenvalue weighted by Crippen LogP contribution is -2.04. The molecule has 112 valence electrons. The fraction of sp³-hybridized carbons (Fsp3) is 0.235. The van der Waals surface area contributed by atoms with E-state index in [4.69, 9.17) is 4.74 Å². The van der Waals surface area contributed by atoms with Gasteiger partial charge in [-0.3, -0.25) is 0 Å². The topological polar surface area (TPSA) is 52.8 Å². The molecule has 1 heterocycles. The number of benzene rings is 2.